The molecule has 1 amide bonds. The molecule has 3 heteroatoms. The van der Waals surface area contributed by atoms with Crippen LogP contribution in [0.1, 0.15) is 48.5 Å². The fraction of sp³-hybridized carbons (Fsp3) is 0.562. The third-order valence-electron chi connectivity index (χ3n) is 4.22. The second kappa shape index (κ2) is 6.09. The van der Waals surface area contributed by atoms with E-state index in [9.17, 15) is 4.79 Å². The number of benzene rings is 1. The monoisotopic (exact) mass is 260 g/mol. The summed E-state index contributed by atoms with van der Waals surface area (Å²) in [4.78, 5) is 12.2. The Bertz CT molecular complexity index is 450. The molecule has 0 aliphatic heterocycles. The van der Waals surface area contributed by atoms with Crippen LogP contribution in [0.5, 0.6) is 0 Å². The van der Waals surface area contributed by atoms with Crippen LogP contribution >= 0.6 is 0 Å². The number of hydrogen-bond acceptors (Lipinski definition) is 2. The average molecular weight is 260 g/mol. The van der Waals surface area contributed by atoms with Gasteiger partial charge in [0.25, 0.3) is 5.91 Å². The average Bonchev–Trinajstić information content (AvgIpc) is 2.92. The largest absolute Gasteiger partial charge is 0.388 e. The first-order valence-corrected chi connectivity index (χ1v) is 7.21. The molecule has 1 aliphatic carbocycles. The quantitative estimate of drug-likeness (QED) is 0.871. The zero-order chi connectivity index (χ0) is 13.8. The molecule has 1 atom stereocenters. The lowest BCUT2D eigenvalue weighted by Gasteiger charge is -2.20. The minimum Gasteiger partial charge on any atom is -0.388 e. The molecule has 0 spiro atoms. The zero-order valence-electron chi connectivity index (χ0n) is 12.1. The van der Waals surface area contributed by atoms with Gasteiger partial charge in [-0.3, -0.25) is 4.79 Å². The SMILES string of the molecule is CNc1ccc(C(=O)NC(C)C2CCCC2)cc1C. The third kappa shape index (κ3) is 3.28. The first-order valence-electron chi connectivity index (χ1n) is 7.21. The van der Waals surface area contributed by atoms with E-state index in [0.717, 1.165) is 16.8 Å². The van der Waals surface area contributed by atoms with Crippen LogP contribution in [-0.2, 0) is 0 Å². The lowest BCUT2D eigenvalue weighted by atomic mass is 9.99. The molecule has 2 rings (SSSR count). The maximum absolute atomic E-state index is 12.2. The first kappa shape index (κ1) is 13.9. The number of nitrogens with one attached hydrogen (secondary N) is 2. The topological polar surface area (TPSA) is 41.1 Å². The Kier molecular flexibility index (Phi) is 4.46. The molecular formula is C16H24N2O. The molecule has 0 bridgehead atoms. The van der Waals surface area contributed by atoms with Crippen LogP contribution < -0.4 is 10.6 Å². The lowest BCUT2D eigenvalue weighted by molar-refractivity contribution is 0.0927. The maximum atomic E-state index is 12.2. The highest BCUT2D eigenvalue weighted by atomic mass is 16.1. The van der Waals surface area contributed by atoms with Gasteiger partial charge in [0.15, 0.2) is 0 Å². The van der Waals surface area contributed by atoms with E-state index in [0.29, 0.717) is 5.92 Å². The van der Waals surface area contributed by atoms with Crippen molar-refractivity contribution in [2.24, 2.45) is 5.92 Å². The molecule has 0 radical (unpaired) electrons. The second-order valence-electron chi connectivity index (χ2n) is 5.59. The summed E-state index contributed by atoms with van der Waals surface area (Å²) in [5, 5.41) is 6.26. The highest BCUT2D eigenvalue weighted by Gasteiger charge is 2.23. The Morgan fingerprint density at radius 2 is 2.00 bits per heavy atom. The summed E-state index contributed by atoms with van der Waals surface area (Å²) in [5.74, 6) is 0.701. The van der Waals surface area contributed by atoms with Crippen molar-refractivity contribution in [2.75, 3.05) is 12.4 Å². The van der Waals surface area contributed by atoms with Crippen molar-refractivity contribution < 1.29 is 4.79 Å². The van der Waals surface area contributed by atoms with Crippen LogP contribution in [0.3, 0.4) is 0 Å². The van der Waals surface area contributed by atoms with E-state index in [4.69, 9.17) is 0 Å². The highest BCUT2D eigenvalue weighted by Crippen LogP contribution is 2.27. The van der Waals surface area contributed by atoms with E-state index in [1.54, 1.807) is 0 Å². The van der Waals surface area contributed by atoms with Crippen molar-refractivity contribution in [1.29, 1.82) is 0 Å². The Morgan fingerprint density at radius 3 is 2.58 bits per heavy atom. The van der Waals surface area contributed by atoms with E-state index in [-0.39, 0.29) is 11.9 Å². The summed E-state index contributed by atoms with van der Waals surface area (Å²) in [6.07, 6.45) is 5.11. The first-order chi connectivity index (χ1) is 9.11. The molecular weight excluding hydrogens is 236 g/mol. The second-order valence-corrected chi connectivity index (χ2v) is 5.59. The van der Waals surface area contributed by atoms with Crippen LogP contribution in [0, 0.1) is 12.8 Å². The maximum Gasteiger partial charge on any atom is 0.251 e. The predicted octanol–water partition coefficient (Wildman–Crippen LogP) is 3.35. The van der Waals surface area contributed by atoms with Gasteiger partial charge in [0, 0.05) is 24.3 Å². The molecule has 104 valence electrons. The van der Waals surface area contributed by atoms with Crippen molar-refractivity contribution in [2.45, 2.75) is 45.6 Å². The van der Waals surface area contributed by atoms with Gasteiger partial charge in [-0.1, -0.05) is 12.8 Å². The molecule has 1 saturated carbocycles. The van der Waals surface area contributed by atoms with E-state index >= 15 is 0 Å². The molecule has 0 saturated heterocycles. The van der Waals surface area contributed by atoms with Gasteiger partial charge >= 0.3 is 0 Å². The van der Waals surface area contributed by atoms with Gasteiger partial charge in [-0.05, 0) is 56.4 Å². The number of amides is 1. The molecule has 19 heavy (non-hydrogen) atoms. The van der Waals surface area contributed by atoms with Crippen LogP contribution in [0.25, 0.3) is 0 Å². The number of anilines is 1. The molecule has 0 heterocycles. The summed E-state index contributed by atoms with van der Waals surface area (Å²) in [5.41, 5.74) is 2.92. The molecule has 1 fully saturated rings. The number of carbonyl (C=O) groups is 1. The molecule has 1 aromatic carbocycles. The predicted molar refractivity (Wildman–Crippen MR) is 79.6 cm³/mol. The Labute approximate surface area is 115 Å². The number of aryl methyl sites for hydroxylation is 1. The van der Waals surface area contributed by atoms with Gasteiger partial charge in [0.1, 0.15) is 0 Å². The third-order valence-corrected chi connectivity index (χ3v) is 4.22. The molecule has 0 aromatic heterocycles. The van der Waals surface area contributed by atoms with Crippen molar-refractivity contribution in [3.8, 4) is 0 Å². The van der Waals surface area contributed by atoms with E-state index in [1.165, 1.54) is 25.7 Å². The number of rotatable bonds is 4. The van der Waals surface area contributed by atoms with Gasteiger partial charge in [-0.25, -0.2) is 0 Å². The number of carbonyl (C=O) groups excluding carboxylic acids is 1. The normalized spacial score (nSPS) is 17.2. The van der Waals surface area contributed by atoms with E-state index in [1.807, 2.05) is 32.2 Å². The smallest absolute Gasteiger partial charge is 0.251 e. The van der Waals surface area contributed by atoms with Crippen LogP contribution in [-0.4, -0.2) is 19.0 Å². The van der Waals surface area contributed by atoms with Crippen LogP contribution in [0.4, 0.5) is 5.69 Å². The minimum atomic E-state index is 0.0464. The van der Waals surface area contributed by atoms with E-state index < -0.39 is 0 Å². The fourth-order valence-electron chi connectivity index (χ4n) is 2.95. The van der Waals surface area contributed by atoms with Gasteiger partial charge in [-0.15, -0.1) is 0 Å². The minimum absolute atomic E-state index is 0.0464. The van der Waals surface area contributed by atoms with E-state index in [2.05, 4.69) is 17.6 Å². The fourth-order valence-corrected chi connectivity index (χ4v) is 2.95. The molecule has 1 aliphatic rings. The molecule has 2 N–H and O–H groups in total. The summed E-state index contributed by atoms with van der Waals surface area (Å²) in [6, 6.07) is 6.07. The molecule has 3 nitrogen and oxygen atoms in total. The van der Waals surface area contributed by atoms with Crippen molar-refractivity contribution in [3.05, 3.63) is 29.3 Å². The Morgan fingerprint density at radius 1 is 1.32 bits per heavy atom. The summed E-state index contributed by atoms with van der Waals surface area (Å²) in [6.45, 7) is 4.14. The van der Waals surface area contributed by atoms with Gasteiger partial charge in [0.2, 0.25) is 0 Å². The van der Waals surface area contributed by atoms with Gasteiger partial charge in [0.05, 0.1) is 0 Å². The zero-order valence-corrected chi connectivity index (χ0v) is 12.1. The van der Waals surface area contributed by atoms with Gasteiger partial charge < -0.3 is 10.6 Å². The lowest BCUT2D eigenvalue weighted by Crippen LogP contribution is -2.37. The van der Waals surface area contributed by atoms with Gasteiger partial charge in [-0.2, -0.15) is 0 Å². The Balaban J connectivity index is 2.01. The van der Waals surface area contributed by atoms with Crippen molar-refractivity contribution >= 4 is 11.6 Å². The van der Waals surface area contributed by atoms with Crippen molar-refractivity contribution in [3.63, 3.8) is 0 Å². The molecule has 1 unspecified atom stereocenters. The highest BCUT2D eigenvalue weighted by molar-refractivity contribution is 5.95. The summed E-state index contributed by atoms with van der Waals surface area (Å²) < 4.78 is 0. The standard InChI is InChI=1S/C16H24N2O/c1-11-10-14(8-9-15(11)17-3)16(19)18-12(2)13-6-4-5-7-13/h8-10,12-13,17H,4-7H2,1-3H3,(H,18,19). The van der Waals surface area contributed by atoms with Crippen molar-refractivity contribution in [1.82, 2.24) is 5.32 Å². The van der Waals surface area contributed by atoms with Crippen LogP contribution in [0.15, 0.2) is 18.2 Å². The Hall–Kier alpha value is -1.51. The summed E-state index contributed by atoms with van der Waals surface area (Å²) >= 11 is 0. The summed E-state index contributed by atoms with van der Waals surface area (Å²) in [7, 11) is 1.89. The van der Waals surface area contributed by atoms with Crippen LogP contribution in [0.2, 0.25) is 0 Å². The molecule has 1 aromatic rings. The number of hydrogen-bond donors (Lipinski definition) is 2.